The summed E-state index contributed by atoms with van der Waals surface area (Å²) < 4.78 is 1.86. The molecule has 1 fully saturated rings. The van der Waals surface area contributed by atoms with Gasteiger partial charge in [-0.05, 0) is 12.8 Å². The Morgan fingerprint density at radius 3 is 2.59 bits per heavy atom. The highest BCUT2D eigenvalue weighted by atomic mass is 16.4. The summed E-state index contributed by atoms with van der Waals surface area (Å²) in [6, 6.07) is 9.29. The largest absolute Gasteiger partial charge is 0.476 e. The normalized spacial score (nSPS) is 22.2. The number of carboxylic acids is 1. The molecule has 1 heterocycles. The first-order valence-corrected chi connectivity index (χ1v) is 7.72. The van der Waals surface area contributed by atoms with Crippen molar-refractivity contribution in [1.82, 2.24) is 9.55 Å². The average molecular weight is 300 g/mol. The fourth-order valence-corrected chi connectivity index (χ4v) is 3.24. The van der Waals surface area contributed by atoms with E-state index in [1.54, 1.807) is 6.33 Å². The van der Waals surface area contributed by atoms with Gasteiger partial charge in [0, 0.05) is 5.56 Å². The van der Waals surface area contributed by atoms with Crippen LogP contribution in [0.1, 0.15) is 48.6 Å². The predicted molar refractivity (Wildman–Crippen MR) is 82.8 cm³/mol. The number of aliphatic hydroxyl groups is 1. The smallest absolute Gasteiger partial charge is 0.356 e. The van der Waals surface area contributed by atoms with Gasteiger partial charge >= 0.3 is 5.97 Å². The van der Waals surface area contributed by atoms with Crippen LogP contribution in [0.4, 0.5) is 0 Å². The van der Waals surface area contributed by atoms with Gasteiger partial charge in [-0.15, -0.1) is 0 Å². The lowest BCUT2D eigenvalue weighted by molar-refractivity contribution is 0.0691. The Hall–Kier alpha value is -2.14. The molecule has 0 aliphatic heterocycles. The van der Waals surface area contributed by atoms with Gasteiger partial charge in [0.15, 0.2) is 5.69 Å². The number of carbonyl (C=O) groups is 1. The summed E-state index contributed by atoms with van der Waals surface area (Å²) in [6.07, 6.45) is 5.85. The average Bonchev–Trinajstić information content (AvgIpc) is 2.85. The molecule has 1 aliphatic rings. The van der Waals surface area contributed by atoms with E-state index in [4.69, 9.17) is 0 Å². The molecule has 0 radical (unpaired) electrons. The molecule has 3 rings (SSSR count). The van der Waals surface area contributed by atoms with Crippen LogP contribution in [0.15, 0.2) is 36.7 Å². The zero-order chi connectivity index (χ0) is 15.5. The molecular formula is C17H20N2O3. The second-order valence-electron chi connectivity index (χ2n) is 5.79. The second-order valence-corrected chi connectivity index (χ2v) is 5.79. The van der Waals surface area contributed by atoms with E-state index in [2.05, 4.69) is 4.98 Å². The maximum atomic E-state index is 11.5. The molecule has 1 aliphatic carbocycles. The summed E-state index contributed by atoms with van der Waals surface area (Å²) in [5.74, 6) is -1.04. The quantitative estimate of drug-likeness (QED) is 0.854. The van der Waals surface area contributed by atoms with Crippen molar-refractivity contribution in [3.8, 4) is 11.3 Å². The van der Waals surface area contributed by atoms with Crippen LogP contribution >= 0.6 is 0 Å². The van der Waals surface area contributed by atoms with Crippen LogP contribution in [0, 0.1) is 0 Å². The van der Waals surface area contributed by atoms with E-state index < -0.39 is 12.1 Å². The number of aromatic nitrogens is 2. The zero-order valence-corrected chi connectivity index (χ0v) is 12.4. The number of carboxylic acid groups (broad SMARTS) is 1. The summed E-state index contributed by atoms with van der Waals surface area (Å²) in [6.45, 7) is 0. The highest BCUT2D eigenvalue weighted by molar-refractivity contribution is 5.93. The van der Waals surface area contributed by atoms with Crippen LogP contribution in [0.5, 0.6) is 0 Å². The van der Waals surface area contributed by atoms with Crippen molar-refractivity contribution in [3.05, 3.63) is 42.4 Å². The molecule has 1 aromatic heterocycles. The molecule has 0 spiro atoms. The van der Waals surface area contributed by atoms with Gasteiger partial charge < -0.3 is 14.8 Å². The standard InChI is InChI=1S/C17H20N2O3/c20-14-10-6-2-5-9-13(14)19-11-18-15(17(21)22)16(19)12-7-3-1-4-8-12/h1,3-4,7-8,11,13-14,20H,2,5-6,9-10H2,(H,21,22)/t13-,14-/m1/s1. The van der Waals surface area contributed by atoms with Gasteiger partial charge in [0.25, 0.3) is 0 Å². The molecule has 2 atom stereocenters. The molecule has 0 unspecified atom stereocenters. The Kier molecular flexibility index (Phi) is 4.24. The number of nitrogens with zero attached hydrogens (tertiary/aromatic N) is 2. The number of benzene rings is 1. The summed E-state index contributed by atoms with van der Waals surface area (Å²) in [5, 5.41) is 19.8. The topological polar surface area (TPSA) is 75.3 Å². The lowest BCUT2D eigenvalue weighted by atomic mass is 10.0. The van der Waals surface area contributed by atoms with Gasteiger partial charge in [0.2, 0.25) is 0 Å². The third kappa shape index (κ3) is 2.76. The Morgan fingerprint density at radius 1 is 1.14 bits per heavy atom. The molecular weight excluding hydrogens is 280 g/mol. The molecule has 0 bridgehead atoms. The molecule has 2 aromatic rings. The fourth-order valence-electron chi connectivity index (χ4n) is 3.24. The highest BCUT2D eigenvalue weighted by Crippen LogP contribution is 2.33. The first kappa shape index (κ1) is 14.8. The lowest BCUT2D eigenvalue weighted by Gasteiger charge is -2.24. The minimum Gasteiger partial charge on any atom is -0.476 e. The number of aromatic carboxylic acids is 1. The maximum absolute atomic E-state index is 11.5. The van der Waals surface area contributed by atoms with Crippen LogP contribution in [-0.4, -0.2) is 31.8 Å². The molecule has 1 saturated carbocycles. The Labute approximate surface area is 129 Å². The molecule has 5 nitrogen and oxygen atoms in total. The van der Waals surface area contributed by atoms with Crippen molar-refractivity contribution in [1.29, 1.82) is 0 Å². The third-order valence-electron chi connectivity index (χ3n) is 4.34. The Morgan fingerprint density at radius 2 is 1.86 bits per heavy atom. The summed E-state index contributed by atoms with van der Waals surface area (Å²) in [7, 11) is 0. The molecule has 0 amide bonds. The molecule has 5 heteroatoms. The minimum absolute atomic E-state index is 0.0441. The van der Waals surface area contributed by atoms with Crippen molar-refractivity contribution < 1.29 is 15.0 Å². The highest BCUT2D eigenvalue weighted by Gasteiger charge is 2.28. The van der Waals surface area contributed by atoms with E-state index in [1.165, 1.54) is 0 Å². The second kappa shape index (κ2) is 6.32. The van der Waals surface area contributed by atoms with Crippen LogP contribution in [0.25, 0.3) is 11.3 Å². The fraction of sp³-hybridized carbons (Fsp3) is 0.412. The molecule has 22 heavy (non-hydrogen) atoms. The molecule has 0 saturated heterocycles. The summed E-state index contributed by atoms with van der Waals surface area (Å²) >= 11 is 0. The van der Waals surface area contributed by atoms with Crippen LogP contribution in [0.3, 0.4) is 0 Å². The van der Waals surface area contributed by atoms with Crippen LogP contribution in [0.2, 0.25) is 0 Å². The van der Waals surface area contributed by atoms with Crippen molar-refractivity contribution in [2.75, 3.05) is 0 Å². The van der Waals surface area contributed by atoms with Crippen LogP contribution < -0.4 is 0 Å². The van der Waals surface area contributed by atoms with E-state index in [9.17, 15) is 15.0 Å². The SMILES string of the molecule is O=C(O)c1ncn([C@@H]2CCCCC[C@H]2O)c1-c1ccccc1. The monoisotopic (exact) mass is 300 g/mol. The van der Waals surface area contributed by atoms with E-state index >= 15 is 0 Å². The zero-order valence-electron chi connectivity index (χ0n) is 12.4. The first-order valence-electron chi connectivity index (χ1n) is 7.72. The Balaban J connectivity index is 2.10. The number of hydrogen-bond donors (Lipinski definition) is 2. The van der Waals surface area contributed by atoms with E-state index in [-0.39, 0.29) is 11.7 Å². The Bertz CT molecular complexity index is 651. The first-order chi connectivity index (χ1) is 10.7. The van der Waals surface area contributed by atoms with Gasteiger partial charge in [-0.2, -0.15) is 0 Å². The number of hydrogen-bond acceptors (Lipinski definition) is 3. The summed E-state index contributed by atoms with van der Waals surface area (Å²) in [4.78, 5) is 15.6. The van der Waals surface area contributed by atoms with Gasteiger partial charge in [-0.25, -0.2) is 9.78 Å². The summed E-state index contributed by atoms with van der Waals surface area (Å²) in [5.41, 5.74) is 1.44. The molecule has 2 N–H and O–H groups in total. The van der Waals surface area contributed by atoms with Gasteiger partial charge in [-0.1, -0.05) is 49.6 Å². The van der Waals surface area contributed by atoms with E-state index in [0.717, 1.165) is 37.7 Å². The van der Waals surface area contributed by atoms with Gasteiger partial charge in [0.05, 0.1) is 24.2 Å². The third-order valence-corrected chi connectivity index (χ3v) is 4.34. The number of rotatable bonds is 3. The number of imidazole rings is 1. The minimum atomic E-state index is -1.04. The van der Waals surface area contributed by atoms with Crippen molar-refractivity contribution in [2.45, 2.75) is 44.2 Å². The predicted octanol–water partition coefficient (Wildman–Crippen LogP) is 3.11. The van der Waals surface area contributed by atoms with E-state index in [0.29, 0.717) is 5.69 Å². The molecule has 116 valence electrons. The van der Waals surface area contributed by atoms with Gasteiger partial charge in [0.1, 0.15) is 0 Å². The van der Waals surface area contributed by atoms with Crippen molar-refractivity contribution >= 4 is 5.97 Å². The number of aliphatic hydroxyl groups excluding tert-OH is 1. The van der Waals surface area contributed by atoms with E-state index in [1.807, 2.05) is 34.9 Å². The van der Waals surface area contributed by atoms with Crippen molar-refractivity contribution in [2.24, 2.45) is 0 Å². The lowest BCUT2D eigenvalue weighted by Crippen LogP contribution is -2.23. The molecule has 1 aromatic carbocycles. The van der Waals surface area contributed by atoms with Gasteiger partial charge in [-0.3, -0.25) is 0 Å². The van der Waals surface area contributed by atoms with Crippen LogP contribution in [-0.2, 0) is 0 Å². The van der Waals surface area contributed by atoms with Crippen molar-refractivity contribution in [3.63, 3.8) is 0 Å². The maximum Gasteiger partial charge on any atom is 0.356 e.